The van der Waals surface area contributed by atoms with Crippen LogP contribution in [0.3, 0.4) is 0 Å². The normalized spacial score (nSPS) is 15.3. The number of benzene rings is 2. The minimum Gasteiger partial charge on any atom is -0.491 e. The van der Waals surface area contributed by atoms with Crippen LogP contribution in [0.1, 0.15) is 24.2 Å². The predicted octanol–water partition coefficient (Wildman–Crippen LogP) is 5.00. The highest BCUT2D eigenvalue weighted by Crippen LogP contribution is 2.35. The lowest BCUT2D eigenvalue weighted by Crippen LogP contribution is -2.41. The summed E-state index contributed by atoms with van der Waals surface area (Å²) in [5.74, 6) is 1.08. The van der Waals surface area contributed by atoms with E-state index < -0.39 is 0 Å². The van der Waals surface area contributed by atoms with Crippen LogP contribution in [0.2, 0.25) is 0 Å². The van der Waals surface area contributed by atoms with Gasteiger partial charge in [-0.05, 0) is 67.3 Å². The van der Waals surface area contributed by atoms with E-state index in [9.17, 15) is 9.18 Å². The third kappa shape index (κ3) is 5.80. The highest BCUT2D eigenvalue weighted by Gasteiger charge is 2.25. The van der Waals surface area contributed by atoms with Gasteiger partial charge < -0.3 is 19.7 Å². The van der Waals surface area contributed by atoms with E-state index in [1.165, 1.54) is 25.6 Å². The number of amides is 1. The summed E-state index contributed by atoms with van der Waals surface area (Å²) in [6.07, 6.45) is 3.01. The molecule has 0 radical (unpaired) electrons. The number of aromatic nitrogens is 4. The van der Waals surface area contributed by atoms with Gasteiger partial charge in [0.05, 0.1) is 31.6 Å². The Morgan fingerprint density at radius 3 is 2.71 bits per heavy atom. The molecule has 10 heteroatoms. The molecular formula is C28H29FN6O3. The molecule has 1 N–H and O–H groups in total. The van der Waals surface area contributed by atoms with Gasteiger partial charge in [-0.2, -0.15) is 10.2 Å². The molecule has 1 unspecified atom stereocenters. The minimum absolute atomic E-state index is 0.159. The fraction of sp³-hybridized carbons (Fsp3) is 0.321. The molecule has 1 amide bonds. The zero-order valence-electron chi connectivity index (χ0n) is 21.4. The van der Waals surface area contributed by atoms with Crippen LogP contribution < -0.4 is 10.1 Å². The molecule has 1 aliphatic heterocycles. The molecule has 38 heavy (non-hydrogen) atoms. The highest BCUT2D eigenvalue weighted by atomic mass is 19.1. The van der Waals surface area contributed by atoms with Crippen LogP contribution in [0.25, 0.3) is 22.0 Å². The molecule has 1 fully saturated rings. The molecule has 0 aliphatic carbocycles. The summed E-state index contributed by atoms with van der Waals surface area (Å²) in [6.45, 7) is 3.99. The third-order valence-electron chi connectivity index (χ3n) is 6.60. The highest BCUT2D eigenvalue weighted by molar-refractivity contribution is 5.96. The van der Waals surface area contributed by atoms with Crippen molar-refractivity contribution < 1.29 is 18.7 Å². The first kappa shape index (κ1) is 25.3. The summed E-state index contributed by atoms with van der Waals surface area (Å²) in [7, 11) is 1.40. The molecule has 9 nitrogen and oxygen atoms in total. The smallest absolute Gasteiger partial charge is 0.409 e. The maximum atomic E-state index is 13.6. The molecule has 2 aromatic heterocycles. The molecule has 1 aliphatic rings. The van der Waals surface area contributed by atoms with Crippen molar-refractivity contribution in [2.75, 3.05) is 32.1 Å². The van der Waals surface area contributed by atoms with Crippen LogP contribution in [-0.2, 0) is 11.3 Å². The van der Waals surface area contributed by atoms with E-state index >= 15 is 0 Å². The Morgan fingerprint density at radius 1 is 1.11 bits per heavy atom. The lowest BCUT2D eigenvalue weighted by atomic mass is 9.99. The van der Waals surface area contributed by atoms with Gasteiger partial charge in [0, 0.05) is 24.4 Å². The summed E-state index contributed by atoms with van der Waals surface area (Å²) >= 11 is 0. The number of nitrogens with one attached hydrogen (secondary N) is 1. The molecule has 0 bridgehead atoms. The van der Waals surface area contributed by atoms with Crippen LogP contribution in [0.15, 0.2) is 54.9 Å². The molecule has 1 atom stereocenters. The van der Waals surface area contributed by atoms with Crippen LogP contribution in [0.4, 0.5) is 15.0 Å². The SMILES string of the molecule is COC(=O)N1CCCC(COc2cc(-c3ccc(F)cc3)cc3c(NCc4ccc(C)nn4)ncnc23)C1. The minimum atomic E-state index is -0.319. The van der Waals surface area contributed by atoms with Gasteiger partial charge in [0.25, 0.3) is 0 Å². The molecular weight excluding hydrogens is 487 g/mol. The molecule has 0 saturated carbocycles. The Hall–Kier alpha value is -4.34. The van der Waals surface area contributed by atoms with Crippen molar-refractivity contribution in [2.45, 2.75) is 26.3 Å². The second kappa shape index (κ2) is 11.4. The number of fused-ring (bicyclic) bond motifs is 1. The van der Waals surface area contributed by atoms with Crippen molar-refractivity contribution in [2.24, 2.45) is 5.92 Å². The average molecular weight is 517 g/mol. The van der Waals surface area contributed by atoms with Crippen molar-refractivity contribution in [3.05, 3.63) is 72.1 Å². The number of aryl methyl sites for hydroxylation is 1. The van der Waals surface area contributed by atoms with Gasteiger partial charge in [0.2, 0.25) is 0 Å². The number of nitrogens with zero attached hydrogens (tertiary/aromatic N) is 5. The Bertz CT molecular complexity index is 1420. The molecule has 0 spiro atoms. The van der Waals surface area contributed by atoms with Crippen LogP contribution in [0, 0.1) is 18.7 Å². The first-order chi connectivity index (χ1) is 18.5. The summed E-state index contributed by atoms with van der Waals surface area (Å²) in [4.78, 5) is 22.7. The van der Waals surface area contributed by atoms with Crippen LogP contribution >= 0.6 is 0 Å². The summed E-state index contributed by atoms with van der Waals surface area (Å²) in [6, 6.07) is 14.0. The molecule has 2 aromatic carbocycles. The van der Waals surface area contributed by atoms with Gasteiger partial charge in [0.1, 0.15) is 29.2 Å². The number of rotatable bonds is 7. The number of hydrogen-bond donors (Lipinski definition) is 1. The Balaban J connectivity index is 1.45. The molecule has 5 rings (SSSR count). The van der Waals surface area contributed by atoms with Gasteiger partial charge in [0.15, 0.2) is 0 Å². The van der Waals surface area contributed by atoms with E-state index in [1.54, 1.807) is 17.0 Å². The van der Waals surface area contributed by atoms with Crippen molar-refractivity contribution in [3.8, 4) is 16.9 Å². The van der Waals surface area contributed by atoms with Crippen molar-refractivity contribution >= 4 is 22.8 Å². The predicted molar refractivity (Wildman–Crippen MR) is 141 cm³/mol. The largest absolute Gasteiger partial charge is 0.491 e. The standard InChI is InChI=1S/C28H29FN6O3/c1-18-5-10-23(34-33-18)14-30-27-24-12-21(20-6-8-22(29)9-7-20)13-25(26(24)31-17-32-27)38-16-19-4-3-11-35(15-19)28(36)37-2/h5-10,12-13,17,19H,3-4,11,14-16H2,1-2H3,(H,30,31,32). The Labute approximate surface area is 220 Å². The first-order valence-electron chi connectivity index (χ1n) is 12.5. The van der Waals surface area contributed by atoms with Crippen molar-refractivity contribution in [1.82, 2.24) is 25.1 Å². The van der Waals surface area contributed by atoms with Gasteiger partial charge in [-0.15, -0.1) is 0 Å². The first-order valence-corrected chi connectivity index (χ1v) is 12.5. The maximum Gasteiger partial charge on any atom is 0.409 e. The van der Waals surface area contributed by atoms with Gasteiger partial charge in [-0.3, -0.25) is 0 Å². The van der Waals surface area contributed by atoms with Crippen LogP contribution in [0.5, 0.6) is 5.75 Å². The number of carbonyl (C=O) groups excluding carboxylic acids is 1. The average Bonchev–Trinajstić information content (AvgIpc) is 2.95. The molecule has 196 valence electrons. The number of ether oxygens (including phenoxy) is 2. The molecule has 3 heterocycles. The number of halogens is 1. The number of methoxy groups -OCH3 is 1. The van der Waals surface area contributed by atoms with Gasteiger partial charge >= 0.3 is 6.09 Å². The number of hydrogen-bond acceptors (Lipinski definition) is 8. The Morgan fingerprint density at radius 2 is 1.95 bits per heavy atom. The van der Waals surface area contributed by atoms with E-state index in [0.717, 1.165) is 40.7 Å². The van der Waals surface area contributed by atoms with E-state index in [-0.39, 0.29) is 17.8 Å². The zero-order chi connectivity index (χ0) is 26.5. The number of piperidine rings is 1. The quantitative estimate of drug-likeness (QED) is 0.366. The van der Waals surface area contributed by atoms with E-state index in [1.807, 2.05) is 31.2 Å². The zero-order valence-corrected chi connectivity index (χ0v) is 21.4. The second-order valence-electron chi connectivity index (χ2n) is 9.35. The number of carbonyl (C=O) groups is 1. The monoisotopic (exact) mass is 516 g/mol. The lowest BCUT2D eigenvalue weighted by molar-refractivity contribution is 0.0905. The summed E-state index contributed by atoms with van der Waals surface area (Å²) in [5, 5.41) is 12.4. The Kier molecular flexibility index (Phi) is 7.57. The van der Waals surface area contributed by atoms with Crippen molar-refractivity contribution in [3.63, 3.8) is 0 Å². The van der Waals surface area contributed by atoms with Gasteiger partial charge in [-0.1, -0.05) is 12.1 Å². The van der Waals surface area contributed by atoms with E-state index in [2.05, 4.69) is 25.5 Å². The van der Waals surface area contributed by atoms with Crippen molar-refractivity contribution in [1.29, 1.82) is 0 Å². The summed E-state index contributed by atoms with van der Waals surface area (Å²) < 4.78 is 24.9. The maximum absolute atomic E-state index is 13.6. The molecule has 4 aromatic rings. The van der Waals surface area contributed by atoms with Gasteiger partial charge in [-0.25, -0.2) is 19.2 Å². The number of anilines is 1. The topological polar surface area (TPSA) is 102 Å². The fourth-order valence-corrected chi connectivity index (χ4v) is 4.59. The molecule has 1 saturated heterocycles. The lowest BCUT2D eigenvalue weighted by Gasteiger charge is -2.31. The number of likely N-dealkylation sites (tertiary alicyclic amines) is 1. The second-order valence-corrected chi connectivity index (χ2v) is 9.35. The fourth-order valence-electron chi connectivity index (χ4n) is 4.59. The van der Waals surface area contributed by atoms with E-state index in [4.69, 9.17) is 9.47 Å². The van der Waals surface area contributed by atoms with Crippen LogP contribution in [-0.4, -0.2) is 58.0 Å². The van der Waals surface area contributed by atoms with E-state index in [0.29, 0.717) is 43.3 Å². The third-order valence-corrected chi connectivity index (χ3v) is 6.60. The summed E-state index contributed by atoms with van der Waals surface area (Å²) in [5.41, 5.74) is 3.97.